The van der Waals surface area contributed by atoms with Crippen molar-refractivity contribution in [1.82, 2.24) is 14.5 Å². The molecule has 0 saturated heterocycles. The van der Waals surface area contributed by atoms with E-state index in [1.165, 1.54) is 5.69 Å². The van der Waals surface area contributed by atoms with E-state index < -0.39 is 0 Å². The smallest absolute Gasteiger partial charge is 0.225 e. The average Bonchev–Trinajstić information content (AvgIpc) is 3.09. The van der Waals surface area contributed by atoms with Crippen LogP contribution in [0, 0.1) is 19.8 Å². The van der Waals surface area contributed by atoms with Crippen LogP contribution < -0.4 is 5.32 Å². The zero-order chi connectivity index (χ0) is 18.8. The van der Waals surface area contributed by atoms with Gasteiger partial charge in [0.05, 0.1) is 16.6 Å². The van der Waals surface area contributed by atoms with Crippen LogP contribution in [0.25, 0.3) is 22.4 Å². The van der Waals surface area contributed by atoms with Gasteiger partial charge in [0.1, 0.15) is 11.6 Å². The number of imidazole rings is 1. The molecule has 5 nitrogen and oxygen atoms in total. The molecule has 0 spiro atoms. The van der Waals surface area contributed by atoms with E-state index in [4.69, 9.17) is 4.98 Å². The van der Waals surface area contributed by atoms with Gasteiger partial charge < -0.3 is 14.9 Å². The van der Waals surface area contributed by atoms with Gasteiger partial charge in [-0.3, -0.25) is 4.79 Å². The lowest BCUT2D eigenvalue weighted by atomic mass is 10.1. The van der Waals surface area contributed by atoms with Gasteiger partial charge >= 0.3 is 0 Å². The van der Waals surface area contributed by atoms with E-state index in [1.54, 1.807) is 0 Å². The Hall–Kier alpha value is -2.56. The van der Waals surface area contributed by atoms with E-state index in [-0.39, 0.29) is 5.91 Å². The van der Waals surface area contributed by atoms with Crippen LogP contribution in [0.1, 0.15) is 44.9 Å². The molecule has 26 heavy (non-hydrogen) atoms. The molecule has 0 atom stereocenters. The number of aromatic amines is 1. The van der Waals surface area contributed by atoms with Crippen molar-refractivity contribution in [2.24, 2.45) is 5.92 Å². The molecule has 5 heteroatoms. The number of nitrogens with zero attached hydrogens (tertiary/aromatic N) is 2. The first-order chi connectivity index (χ1) is 12.4. The van der Waals surface area contributed by atoms with Crippen LogP contribution in [0.15, 0.2) is 24.3 Å². The Morgan fingerprint density at radius 2 is 2.00 bits per heavy atom. The Balaban J connectivity index is 2.13. The molecule has 0 aliphatic heterocycles. The summed E-state index contributed by atoms with van der Waals surface area (Å²) in [4.78, 5) is 20.7. The summed E-state index contributed by atoms with van der Waals surface area (Å²) in [6, 6.07) is 8.00. The minimum absolute atomic E-state index is 0.0483. The molecule has 0 radical (unpaired) electrons. The van der Waals surface area contributed by atoms with Crippen LogP contribution in [0.3, 0.4) is 0 Å². The molecule has 3 rings (SSSR count). The molecule has 1 aromatic carbocycles. The molecule has 0 bridgehead atoms. The summed E-state index contributed by atoms with van der Waals surface area (Å²) in [7, 11) is 0. The summed E-state index contributed by atoms with van der Waals surface area (Å²) in [5, 5.41) is 3.16. The van der Waals surface area contributed by atoms with E-state index in [0.29, 0.717) is 12.3 Å². The third-order valence-electron chi connectivity index (χ3n) is 4.75. The SMILES string of the molecule is CCCn1c(C)c(C)c(-c2nc3ccccc3[nH]2)c1NC(=O)CC(C)C. The molecule has 3 aromatic rings. The number of benzene rings is 1. The maximum atomic E-state index is 12.5. The second-order valence-corrected chi connectivity index (χ2v) is 7.33. The van der Waals surface area contributed by atoms with Gasteiger partial charge in [-0.1, -0.05) is 32.9 Å². The summed E-state index contributed by atoms with van der Waals surface area (Å²) < 4.78 is 2.20. The minimum atomic E-state index is 0.0483. The van der Waals surface area contributed by atoms with Gasteiger partial charge in [-0.15, -0.1) is 0 Å². The molecule has 2 heterocycles. The van der Waals surface area contributed by atoms with Crippen molar-refractivity contribution in [3.8, 4) is 11.4 Å². The molecule has 0 saturated carbocycles. The van der Waals surface area contributed by atoms with Crippen LogP contribution in [0.5, 0.6) is 0 Å². The molecular formula is C21H28N4O. The normalized spacial score (nSPS) is 11.5. The highest BCUT2D eigenvalue weighted by atomic mass is 16.1. The number of nitrogens with one attached hydrogen (secondary N) is 2. The number of carbonyl (C=O) groups is 1. The molecule has 0 unspecified atom stereocenters. The molecule has 2 aromatic heterocycles. The summed E-state index contributed by atoms with van der Waals surface area (Å²) in [5.41, 5.74) is 5.24. The number of rotatable bonds is 6. The summed E-state index contributed by atoms with van der Waals surface area (Å²) in [6.07, 6.45) is 1.51. The highest BCUT2D eigenvalue weighted by Crippen LogP contribution is 2.36. The Kier molecular flexibility index (Phi) is 5.16. The summed E-state index contributed by atoms with van der Waals surface area (Å²) >= 11 is 0. The lowest BCUT2D eigenvalue weighted by Gasteiger charge is -2.13. The second-order valence-electron chi connectivity index (χ2n) is 7.33. The van der Waals surface area contributed by atoms with Crippen LogP contribution >= 0.6 is 0 Å². The molecule has 2 N–H and O–H groups in total. The summed E-state index contributed by atoms with van der Waals surface area (Å²) in [6.45, 7) is 11.3. The van der Waals surface area contributed by atoms with E-state index in [1.807, 2.05) is 24.3 Å². The van der Waals surface area contributed by atoms with Crippen molar-refractivity contribution < 1.29 is 4.79 Å². The van der Waals surface area contributed by atoms with Gasteiger partial charge in [0, 0.05) is 18.7 Å². The zero-order valence-electron chi connectivity index (χ0n) is 16.3. The first kappa shape index (κ1) is 18.2. The van der Waals surface area contributed by atoms with E-state index in [0.717, 1.165) is 46.8 Å². The predicted molar refractivity (Wildman–Crippen MR) is 107 cm³/mol. The summed E-state index contributed by atoms with van der Waals surface area (Å²) in [5.74, 6) is 2.03. The molecular weight excluding hydrogens is 324 g/mol. The first-order valence-corrected chi connectivity index (χ1v) is 9.37. The van der Waals surface area contributed by atoms with Crippen molar-refractivity contribution in [2.45, 2.75) is 54.0 Å². The molecule has 138 valence electrons. The monoisotopic (exact) mass is 352 g/mol. The number of hydrogen-bond donors (Lipinski definition) is 2. The largest absolute Gasteiger partial charge is 0.338 e. The van der Waals surface area contributed by atoms with Crippen LogP contribution in [0.2, 0.25) is 0 Å². The minimum Gasteiger partial charge on any atom is -0.338 e. The standard InChI is InChI=1S/C21H28N4O/c1-6-11-25-15(5)14(4)19(21(25)24-18(26)12-13(2)3)20-22-16-9-7-8-10-17(16)23-20/h7-10,13H,6,11-12H2,1-5H3,(H,22,23)(H,24,26). The maximum Gasteiger partial charge on any atom is 0.225 e. The number of carbonyl (C=O) groups excluding carboxylic acids is 1. The van der Waals surface area contributed by atoms with E-state index in [9.17, 15) is 4.79 Å². The first-order valence-electron chi connectivity index (χ1n) is 9.37. The van der Waals surface area contributed by atoms with Gasteiger partial charge in [0.25, 0.3) is 0 Å². The number of anilines is 1. The van der Waals surface area contributed by atoms with Crippen molar-refractivity contribution >= 4 is 22.8 Å². The van der Waals surface area contributed by atoms with Crippen LogP contribution in [-0.2, 0) is 11.3 Å². The van der Waals surface area contributed by atoms with Gasteiger partial charge in [-0.25, -0.2) is 4.98 Å². The molecule has 0 aliphatic rings. The van der Waals surface area contributed by atoms with Gasteiger partial charge in [-0.05, 0) is 43.9 Å². The predicted octanol–water partition coefficient (Wildman–Crippen LogP) is 5.04. The van der Waals surface area contributed by atoms with Crippen molar-refractivity contribution in [1.29, 1.82) is 0 Å². The fraction of sp³-hybridized carbons (Fsp3) is 0.429. The third kappa shape index (κ3) is 3.39. The van der Waals surface area contributed by atoms with Gasteiger partial charge in [-0.2, -0.15) is 0 Å². The van der Waals surface area contributed by atoms with Gasteiger partial charge in [0.2, 0.25) is 5.91 Å². The fourth-order valence-corrected chi connectivity index (χ4v) is 3.41. The lowest BCUT2D eigenvalue weighted by Crippen LogP contribution is -2.17. The highest BCUT2D eigenvalue weighted by Gasteiger charge is 2.23. The Morgan fingerprint density at radius 1 is 1.27 bits per heavy atom. The van der Waals surface area contributed by atoms with Crippen LogP contribution in [-0.4, -0.2) is 20.4 Å². The van der Waals surface area contributed by atoms with Crippen molar-refractivity contribution in [3.05, 3.63) is 35.5 Å². The lowest BCUT2D eigenvalue weighted by molar-refractivity contribution is -0.116. The quantitative estimate of drug-likeness (QED) is 0.652. The fourth-order valence-electron chi connectivity index (χ4n) is 3.41. The van der Waals surface area contributed by atoms with E-state index >= 15 is 0 Å². The molecule has 0 aliphatic carbocycles. The topological polar surface area (TPSA) is 62.7 Å². The number of hydrogen-bond acceptors (Lipinski definition) is 2. The molecule has 0 fully saturated rings. The second kappa shape index (κ2) is 7.36. The number of aromatic nitrogens is 3. The number of amides is 1. The van der Waals surface area contributed by atoms with Crippen molar-refractivity contribution in [3.63, 3.8) is 0 Å². The maximum absolute atomic E-state index is 12.5. The number of para-hydroxylation sites is 2. The zero-order valence-corrected chi connectivity index (χ0v) is 16.3. The average molecular weight is 352 g/mol. The number of fused-ring (bicyclic) bond motifs is 1. The number of H-pyrrole nitrogens is 1. The van der Waals surface area contributed by atoms with Crippen molar-refractivity contribution in [2.75, 3.05) is 5.32 Å². The van der Waals surface area contributed by atoms with Gasteiger partial charge in [0.15, 0.2) is 0 Å². The Morgan fingerprint density at radius 3 is 2.65 bits per heavy atom. The Labute approximate surface area is 154 Å². The Bertz CT molecular complexity index is 900. The van der Waals surface area contributed by atoms with E-state index in [2.05, 4.69) is 49.5 Å². The highest BCUT2D eigenvalue weighted by molar-refractivity contribution is 5.96. The molecule has 1 amide bonds. The van der Waals surface area contributed by atoms with Crippen LogP contribution in [0.4, 0.5) is 5.82 Å². The third-order valence-corrected chi connectivity index (χ3v) is 4.75.